The van der Waals surface area contributed by atoms with Crippen molar-refractivity contribution in [1.82, 2.24) is 5.32 Å². The summed E-state index contributed by atoms with van der Waals surface area (Å²) in [7, 11) is 7.81. The molecule has 164 valence electrons. The van der Waals surface area contributed by atoms with Crippen LogP contribution in [0.3, 0.4) is 0 Å². The molecular formula is C22H23IN2O5S. The lowest BCUT2D eigenvalue weighted by Crippen LogP contribution is -2.22. The molecule has 0 saturated carbocycles. The monoisotopic (exact) mass is 554 g/mol. The number of rotatable bonds is 9. The normalized spacial score (nSPS) is 10.7. The number of nitrogens with zero attached hydrogens (tertiary/aromatic N) is 1. The predicted octanol–water partition coefficient (Wildman–Crippen LogP) is 4.36. The minimum Gasteiger partial charge on any atom is -0.493 e. The van der Waals surface area contributed by atoms with Crippen LogP contribution in [0, 0.1) is 14.9 Å². The number of hydrogen-bond donors (Lipinski definition) is 1. The Morgan fingerprint density at radius 3 is 1.97 bits per heavy atom. The van der Waals surface area contributed by atoms with Gasteiger partial charge in [-0.3, -0.25) is 0 Å². The van der Waals surface area contributed by atoms with Gasteiger partial charge < -0.3 is 29.0 Å². The molecule has 0 saturated heterocycles. The summed E-state index contributed by atoms with van der Waals surface area (Å²) < 4.78 is 27.7. The molecule has 0 atom stereocenters. The van der Waals surface area contributed by atoms with Gasteiger partial charge in [-0.25, -0.2) is 0 Å². The van der Waals surface area contributed by atoms with Crippen LogP contribution in [0.2, 0.25) is 0 Å². The Morgan fingerprint density at radius 2 is 1.48 bits per heavy atom. The van der Waals surface area contributed by atoms with Crippen LogP contribution in [0.4, 0.5) is 0 Å². The van der Waals surface area contributed by atoms with E-state index in [2.05, 4.69) is 34.0 Å². The smallest absolute Gasteiger partial charge is 0.203 e. The van der Waals surface area contributed by atoms with Gasteiger partial charge in [0, 0.05) is 6.54 Å². The molecule has 0 spiro atoms. The van der Waals surface area contributed by atoms with E-state index in [4.69, 9.17) is 35.9 Å². The van der Waals surface area contributed by atoms with Gasteiger partial charge in [0.15, 0.2) is 23.0 Å². The second kappa shape index (κ2) is 11.6. The van der Waals surface area contributed by atoms with Crippen molar-refractivity contribution in [2.24, 2.45) is 0 Å². The number of nitrogens with one attached hydrogen (secondary N) is 1. The molecule has 0 heterocycles. The fourth-order valence-corrected chi connectivity index (χ4v) is 3.87. The Bertz CT molecular complexity index is 1010. The van der Waals surface area contributed by atoms with Crippen LogP contribution < -0.4 is 29.0 Å². The van der Waals surface area contributed by atoms with Crippen LogP contribution in [-0.2, 0) is 6.54 Å². The zero-order valence-electron chi connectivity index (χ0n) is 17.9. The Morgan fingerprint density at radius 1 is 0.935 bits per heavy atom. The third kappa shape index (κ3) is 5.92. The predicted molar refractivity (Wildman–Crippen MR) is 131 cm³/mol. The van der Waals surface area contributed by atoms with Crippen molar-refractivity contribution in [3.63, 3.8) is 0 Å². The van der Waals surface area contributed by atoms with Crippen molar-refractivity contribution >= 4 is 45.9 Å². The van der Waals surface area contributed by atoms with Gasteiger partial charge >= 0.3 is 0 Å². The zero-order valence-corrected chi connectivity index (χ0v) is 20.8. The minimum atomic E-state index is 0.320. The van der Waals surface area contributed by atoms with Crippen molar-refractivity contribution in [3.05, 3.63) is 44.5 Å². The summed E-state index contributed by atoms with van der Waals surface area (Å²) in [6.45, 7) is 0.373. The van der Waals surface area contributed by atoms with Crippen molar-refractivity contribution in [1.29, 1.82) is 5.26 Å². The standard InChI is InChI=1S/C22H23IN2O5S/c1-26-17-8-13(7-16(23)20(17)29-4)6-15(11-24)22(31)25-12-14-9-18(27-2)21(30-5)19(10-14)28-3/h6-10H,12H2,1-5H3,(H,25,31). The third-order valence-electron chi connectivity index (χ3n) is 4.31. The van der Waals surface area contributed by atoms with Crippen molar-refractivity contribution in [2.45, 2.75) is 6.54 Å². The minimum absolute atomic E-state index is 0.320. The molecule has 9 heteroatoms. The lowest BCUT2D eigenvalue weighted by molar-refractivity contribution is 0.323. The molecule has 0 aliphatic rings. The topological polar surface area (TPSA) is 82.0 Å². The average molecular weight is 554 g/mol. The van der Waals surface area contributed by atoms with E-state index < -0.39 is 0 Å². The molecule has 31 heavy (non-hydrogen) atoms. The maximum Gasteiger partial charge on any atom is 0.203 e. The van der Waals surface area contributed by atoms with Crippen molar-refractivity contribution in [3.8, 4) is 34.8 Å². The average Bonchev–Trinajstić information content (AvgIpc) is 2.79. The summed E-state index contributed by atoms with van der Waals surface area (Å²) in [4.78, 5) is 0.320. The summed E-state index contributed by atoms with van der Waals surface area (Å²) in [6.07, 6.45) is 1.70. The van der Waals surface area contributed by atoms with E-state index in [1.807, 2.05) is 18.2 Å². The van der Waals surface area contributed by atoms with Gasteiger partial charge in [-0.05, 0) is 64.1 Å². The first kappa shape index (κ1) is 24.6. The third-order valence-corrected chi connectivity index (χ3v) is 5.48. The SMILES string of the molecule is COc1cc(C=C(C#N)C(=S)NCc2cc(OC)c(OC)c(OC)c2)cc(I)c1OC. The largest absolute Gasteiger partial charge is 0.493 e. The number of ether oxygens (including phenoxy) is 5. The van der Waals surface area contributed by atoms with Crippen LogP contribution in [-0.4, -0.2) is 40.5 Å². The van der Waals surface area contributed by atoms with Gasteiger partial charge in [-0.1, -0.05) is 12.2 Å². The second-order valence-corrected chi connectivity index (χ2v) is 7.69. The Labute approximate surface area is 201 Å². The molecule has 0 unspecified atom stereocenters. The van der Waals surface area contributed by atoms with E-state index >= 15 is 0 Å². The maximum atomic E-state index is 9.62. The van der Waals surface area contributed by atoms with E-state index in [1.54, 1.807) is 47.7 Å². The van der Waals surface area contributed by atoms with Crippen LogP contribution in [0.1, 0.15) is 11.1 Å². The summed E-state index contributed by atoms with van der Waals surface area (Å²) in [6, 6.07) is 9.48. The Hall–Kier alpha value is -2.71. The fourth-order valence-electron chi connectivity index (χ4n) is 2.85. The van der Waals surface area contributed by atoms with E-state index in [9.17, 15) is 5.26 Å². The van der Waals surface area contributed by atoms with Crippen LogP contribution in [0.25, 0.3) is 6.08 Å². The van der Waals surface area contributed by atoms with Crippen molar-refractivity contribution < 1.29 is 23.7 Å². The highest BCUT2D eigenvalue weighted by atomic mass is 127. The highest BCUT2D eigenvalue weighted by Crippen LogP contribution is 2.38. The molecule has 0 radical (unpaired) electrons. The van der Waals surface area contributed by atoms with Crippen LogP contribution in [0.15, 0.2) is 29.8 Å². The summed E-state index contributed by atoms with van der Waals surface area (Å²) >= 11 is 7.59. The maximum absolute atomic E-state index is 9.62. The molecule has 2 rings (SSSR count). The first-order valence-electron chi connectivity index (χ1n) is 9.02. The highest BCUT2D eigenvalue weighted by Gasteiger charge is 2.14. The molecule has 0 aromatic heterocycles. The molecule has 2 aromatic rings. The summed E-state index contributed by atoms with van der Waals surface area (Å²) in [5, 5.41) is 12.7. The Balaban J connectivity index is 2.25. The first-order chi connectivity index (χ1) is 14.9. The van der Waals surface area contributed by atoms with E-state index in [1.165, 1.54) is 0 Å². The highest BCUT2D eigenvalue weighted by molar-refractivity contribution is 14.1. The number of hydrogen-bond acceptors (Lipinski definition) is 7. The van der Waals surface area contributed by atoms with E-state index in [0.29, 0.717) is 45.9 Å². The number of halogens is 1. The molecule has 7 nitrogen and oxygen atoms in total. The number of nitriles is 1. The summed E-state index contributed by atoms with van der Waals surface area (Å²) in [5.41, 5.74) is 1.95. The van der Waals surface area contributed by atoms with Gasteiger partial charge in [0.25, 0.3) is 0 Å². The number of thiocarbonyl (C=S) groups is 1. The Kier molecular flexibility index (Phi) is 9.21. The summed E-state index contributed by atoms with van der Waals surface area (Å²) in [5.74, 6) is 2.81. The molecule has 0 fully saturated rings. The molecule has 2 aromatic carbocycles. The number of benzene rings is 2. The zero-order chi connectivity index (χ0) is 23.0. The van der Waals surface area contributed by atoms with Gasteiger partial charge in [0.2, 0.25) is 5.75 Å². The van der Waals surface area contributed by atoms with Crippen LogP contribution in [0.5, 0.6) is 28.7 Å². The quantitative estimate of drug-likeness (QED) is 0.212. The molecule has 1 N–H and O–H groups in total. The van der Waals surface area contributed by atoms with E-state index in [-0.39, 0.29) is 0 Å². The van der Waals surface area contributed by atoms with Gasteiger partial charge in [0.05, 0.1) is 44.7 Å². The number of methoxy groups -OCH3 is 5. The first-order valence-corrected chi connectivity index (χ1v) is 10.5. The van der Waals surface area contributed by atoms with Gasteiger partial charge in [-0.2, -0.15) is 5.26 Å². The van der Waals surface area contributed by atoms with Gasteiger partial charge in [-0.15, -0.1) is 0 Å². The second-order valence-electron chi connectivity index (χ2n) is 6.12. The lowest BCUT2D eigenvalue weighted by atomic mass is 10.1. The van der Waals surface area contributed by atoms with E-state index in [0.717, 1.165) is 14.7 Å². The molecule has 0 amide bonds. The molecule has 0 bridgehead atoms. The molecular weight excluding hydrogens is 531 g/mol. The lowest BCUT2D eigenvalue weighted by Gasteiger charge is -2.15. The van der Waals surface area contributed by atoms with Crippen molar-refractivity contribution in [2.75, 3.05) is 35.5 Å². The molecule has 0 aliphatic carbocycles. The van der Waals surface area contributed by atoms with Gasteiger partial charge in [0.1, 0.15) is 11.1 Å². The fraction of sp³-hybridized carbons (Fsp3) is 0.273. The molecule has 0 aliphatic heterocycles. The van der Waals surface area contributed by atoms with Crippen LogP contribution >= 0.6 is 34.8 Å².